The zero-order chi connectivity index (χ0) is 24.4. The average molecular weight is 521 g/mol. The smallest absolute Gasteiger partial charge is 0.359 e. The highest BCUT2D eigenvalue weighted by Crippen LogP contribution is 2.38. The number of rotatable bonds is 6. The minimum Gasteiger partial charge on any atom is -0.465 e. The van der Waals surface area contributed by atoms with Gasteiger partial charge in [0, 0.05) is 16.8 Å². The first-order valence-electron chi connectivity index (χ1n) is 9.91. The third-order valence-electron chi connectivity index (χ3n) is 4.79. The zero-order valence-corrected chi connectivity index (χ0v) is 20.1. The summed E-state index contributed by atoms with van der Waals surface area (Å²) in [6.07, 6.45) is 1.48. The molecular formula is C23H16Cl3N3O5. The Balaban J connectivity index is 1.96. The molecule has 0 aliphatic carbocycles. The van der Waals surface area contributed by atoms with Gasteiger partial charge in [0.1, 0.15) is 11.3 Å². The molecule has 174 valence electrons. The van der Waals surface area contributed by atoms with Gasteiger partial charge in [0.25, 0.3) is 0 Å². The molecule has 0 bridgehead atoms. The molecular weight excluding hydrogens is 505 g/mol. The molecule has 0 saturated heterocycles. The lowest BCUT2D eigenvalue weighted by atomic mass is 10.0. The number of benzene rings is 2. The number of carbonyl (C=O) groups excluding carboxylic acids is 2. The van der Waals surface area contributed by atoms with E-state index in [4.69, 9.17) is 48.8 Å². The molecule has 2 heterocycles. The molecule has 8 nitrogen and oxygen atoms in total. The second kappa shape index (κ2) is 9.89. The summed E-state index contributed by atoms with van der Waals surface area (Å²) in [5.74, 6) is -1.51. The quantitative estimate of drug-likeness (QED) is 0.283. The fourth-order valence-corrected chi connectivity index (χ4v) is 4.00. The Bertz CT molecular complexity index is 1400. The largest absolute Gasteiger partial charge is 0.465 e. The maximum Gasteiger partial charge on any atom is 0.359 e. The van der Waals surface area contributed by atoms with Gasteiger partial charge in [-0.15, -0.1) is 0 Å². The fourth-order valence-electron chi connectivity index (χ4n) is 3.28. The summed E-state index contributed by atoms with van der Waals surface area (Å²) in [7, 11) is 1.22. The van der Waals surface area contributed by atoms with Gasteiger partial charge in [-0.25, -0.2) is 14.3 Å². The van der Waals surface area contributed by atoms with E-state index in [9.17, 15) is 9.59 Å². The molecule has 0 fully saturated rings. The first kappa shape index (κ1) is 23.8. The summed E-state index contributed by atoms with van der Waals surface area (Å²) in [6, 6.07) is 11.6. The number of esters is 2. The number of carbonyl (C=O) groups is 2. The van der Waals surface area contributed by atoms with E-state index in [2.05, 4.69) is 10.3 Å². The molecule has 34 heavy (non-hydrogen) atoms. The van der Waals surface area contributed by atoms with Crippen LogP contribution in [0.3, 0.4) is 0 Å². The number of ether oxygens (including phenoxy) is 2. The van der Waals surface area contributed by atoms with E-state index in [0.29, 0.717) is 26.3 Å². The van der Waals surface area contributed by atoms with Gasteiger partial charge in [-0.3, -0.25) is 0 Å². The van der Waals surface area contributed by atoms with Crippen molar-refractivity contribution in [3.63, 3.8) is 0 Å². The van der Waals surface area contributed by atoms with Crippen LogP contribution in [0.5, 0.6) is 0 Å². The van der Waals surface area contributed by atoms with Crippen LogP contribution in [0.4, 0.5) is 0 Å². The Kier molecular flexibility index (Phi) is 6.92. The van der Waals surface area contributed by atoms with Crippen molar-refractivity contribution >= 4 is 46.7 Å². The predicted octanol–water partition coefficient (Wildman–Crippen LogP) is 6.12. The highest BCUT2D eigenvalue weighted by Gasteiger charge is 2.32. The van der Waals surface area contributed by atoms with Gasteiger partial charge in [0.2, 0.25) is 0 Å². The molecule has 0 atom stereocenters. The van der Waals surface area contributed by atoms with Crippen LogP contribution in [0.2, 0.25) is 15.1 Å². The van der Waals surface area contributed by atoms with Crippen LogP contribution >= 0.6 is 34.8 Å². The van der Waals surface area contributed by atoms with Crippen LogP contribution in [0.15, 0.2) is 53.2 Å². The number of methoxy groups -OCH3 is 1. The van der Waals surface area contributed by atoms with E-state index >= 15 is 0 Å². The lowest BCUT2D eigenvalue weighted by molar-refractivity contribution is 0.0517. The van der Waals surface area contributed by atoms with E-state index < -0.39 is 11.9 Å². The first-order valence-corrected chi connectivity index (χ1v) is 11.0. The Morgan fingerprint density at radius 1 is 1.03 bits per heavy atom. The maximum atomic E-state index is 12.8. The second-order valence-corrected chi connectivity index (χ2v) is 8.11. The minimum absolute atomic E-state index is 0.0251. The number of hydrogen-bond acceptors (Lipinski definition) is 7. The van der Waals surface area contributed by atoms with E-state index in [1.54, 1.807) is 43.3 Å². The van der Waals surface area contributed by atoms with E-state index in [-0.39, 0.29) is 34.9 Å². The summed E-state index contributed by atoms with van der Waals surface area (Å²) in [5.41, 5.74) is 1.05. The van der Waals surface area contributed by atoms with Gasteiger partial charge in [-0.1, -0.05) is 58.2 Å². The van der Waals surface area contributed by atoms with Gasteiger partial charge in [-0.05, 0) is 31.2 Å². The zero-order valence-electron chi connectivity index (χ0n) is 17.8. The fraction of sp³-hybridized carbons (Fsp3) is 0.130. The van der Waals surface area contributed by atoms with Gasteiger partial charge in [0.05, 0.1) is 35.0 Å². The third-order valence-corrected chi connectivity index (χ3v) is 5.66. The van der Waals surface area contributed by atoms with Gasteiger partial charge in [-0.2, -0.15) is 5.10 Å². The molecule has 0 aliphatic heterocycles. The molecule has 0 unspecified atom stereocenters. The van der Waals surface area contributed by atoms with Gasteiger partial charge >= 0.3 is 11.9 Å². The summed E-state index contributed by atoms with van der Waals surface area (Å²) >= 11 is 18.7. The number of hydrogen-bond donors (Lipinski definition) is 0. The summed E-state index contributed by atoms with van der Waals surface area (Å²) < 4.78 is 17.0. The number of halogens is 3. The Hall–Kier alpha value is -3.33. The molecule has 0 spiro atoms. The predicted molar refractivity (Wildman–Crippen MR) is 127 cm³/mol. The highest BCUT2D eigenvalue weighted by molar-refractivity contribution is 6.35. The lowest BCUT2D eigenvalue weighted by Gasteiger charge is -2.04. The molecule has 2 aromatic heterocycles. The Morgan fingerprint density at radius 2 is 1.79 bits per heavy atom. The van der Waals surface area contributed by atoms with Crippen molar-refractivity contribution in [3.05, 3.63) is 75.0 Å². The van der Waals surface area contributed by atoms with Crippen LogP contribution in [0, 0.1) is 0 Å². The second-order valence-electron chi connectivity index (χ2n) is 6.86. The van der Waals surface area contributed by atoms with Crippen molar-refractivity contribution in [1.29, 1.82) is 0 Å². The van der Waals surface area contributed by atoms with Crippen LogP contribution in [-0.4, -0.2) is 40.6 Å². The van der Waals surface area contributed by atoms with Crippen LogP contribution < -0.4 is 0 Å². The molecule has 0 N–H and O–H groups in total. The SMILES string of the molecule is CCOC(=O)c1nn(-c2ccc(Cl)cc2Cl)cc1-c1onc(-c2ccccc2Cl)c1C(=O)OC. The summed E-state index contributed by atoms with van der Waals surface area (Å²) in [6.45, 7) is 1.77. The van der Waals surface area contributed by atoms with Gasteiger partial charge in [0.15, 0.2) is 11.5 Å². The van der Waals surface area contributed by atoms with Crippen LogP contribution in [0.1, 0.15) is 27.8 Å². The van der Waals surface area contributed by atoms with Crippen molar-refractivity contribution < 1.29 is 23.6 Å². The van der Waals surface area contributed by atoms with Crippen molar-refractivity contribution in [3.8, 4) is 28.3 Å². The molecule has 2 aromatic carbocycles. The maximum absolute atomic E-state index is 12.8. The monoisotopic (exact) mass is 519 g/mol. The Morgan fingerprint density at radius 3 is 2.47 bits per heavy atom. The third kappa shape index (κ3) is 4.40. The van der Waals surface area contributed by atoms with Crippen molar-refractivity contribution in [2.24, 2.45) is 0 Å². The minimum atomic E-state index is -0.738. The van der Waals surface area contributed by atoms with E-state index in [1.165, 1.54) is 24.1 Å². The van der Waals surface area contributed by atoms with Gasteiger partial charge < -0.3 is 14.0 Å². The van der Waals surface area contributed by atoms with Crippen molar-refractivity contribution in [2.45, 2.75) is 6.92 Å². The van der Waals surface area contributed by atoms with E-state index in [0.717, 1.165) is 0 Å². The molecule has 0 radical (unpaired) electrons. The topological polar surface area (TPSA) is 96.5 Å². The standard InChI is InChI=1S/C23H16Cl3N3O5/c1-3-33-23(31)20-14(11-29(27-20)17-9-8-12(24)10-16(17)26)21-18(22(30)32-2)19(28-34-21)13-6-4-5-7-15(13)25/h4-11H,3H2,1-2H3. The summed E-state index contributed by atoms with van der Waals surface area (Å²) in [5, 5.41) is 9.47. The normalized spacial score (nSPS) is 10.9. The van der Waals surface area contributed by atoms with Crippen LogP contribution in [0.25, 0.3) is 28.3 Å². The molecule has 4 rings (SSSR count). The molecule has 0 saturated carbocycles. The highest BCUT2D eigenvalue weighted by atomic mass is 35.5. The average Bonchev–Trinajstić information content (AvgIpc) is 3.44. The molecule has 4 aromatic rings. The van der Waals surface area contributed by atoms with Crippen molar-refractivity contribution in [2.75, 3.05) is 13.7 Å². The molecule has 0 aliphatic rings. The number of aromatic nitrogens is 3. The Labute approximate surface area is 208 Å². The molecule has 11 heteroatoms. The first-order chi connectivity index (χ1) is 16.3. The van der Waals surface area contributed by atoms with Crippen molar-refractivity contribution in [1.82, 2.24) is 14.9 Å². The van der Waals surface area contributed by atoms with Crippen LogP contribution in [-0.2, 0) is 9.47 Å². The van der Waals surface area contributed by atoms with E-state index in [1.807, 2.05) is 0 Å². The lowest BCUT2D eigenvalue weighted by Crippen LogP contribution is -2.09. The molecule has 0 amide bonds. The number of nitrogens with zero attached hydrogens (tertiary/aromatic N) is 3. The summed E-state index contributed by atoms with van der Waals surface area (Å²) in [4.78, 5) is 25.6.